The lowest BCUT2D eigenvalue weighted by Crippen LogP contribution is -2.46. The minimum absolute atomic E-state index is 0. The molecule has 1 aliphatic heterocycles. The fraction of sp³-hybridized carbons (Fsp3) is 0.571. The first-order valence-corrected chi connectivity index (χ1v) is 7.16. The van der Waals surface area contributed by atoms with Gasteiger partial charge in [-0.05, 0) is 24.6 Å². The summed E-state index contributed by atoms with van der Waals surface area (Å²) in [5, 5.41) is 13.6. The predicted molar refractivity (Wildman–Crippen MR) is 83.0 cm³/mol. The van der Waals surface area contributed by atoms with Crippen molar-refractivity contribution in [2.75, 3.05) is 26.2 Å². The van der Waals surface area contributed by atoms with Crippen molar-refractivity contribution in [1.29, 1.82) is 0 Å². The number of rotatable bonds is 3. The Hall–Kier alpha value is -0.690. The smallest absolute Gasteiger partial charge is 0.390 e. The predicted octanol–water partition coefficient (Wildman–Crippen LogP) is 3.67. The molecule has 8 heteroatoms. The summed E-state index contributed by atoms with van der Waals surface area (Å²) in [6.45, 7) is 3.91. The number of phenolic OH excluding ortho intramolecular Hbond substituents is 1. The lowest BCUT2D eigenvalue weighted by molar-refractivity contribution is -0.148. The summed E-state index contributed by atoms with van der Waals surface area (Å²) in [7, 11) is 0. The summed E-state index contributed by atoms with van der Waals surface area (Å²) >= 11 is 5.95. The Morgan fingerprint density at radius 3 is 2.45 bits per heavy atom. The monoisotopic (exact) mass is 358 g/mol. The fourth-order valence-corrected chi connectivity index (χ4v) is 2.95. The molecule has 1 heterocycles. The normalized spacial score (nSPS) is 17.9. The largest absolute Gasteiger partial charge is 0.507 e. The van der Waals surface area contributed by atoms with Crippen molar-refractivity contribution in [2.45, 2.75) is 25.6 Å². The molecular weight excluding hydrogens is 340 g/mol. The van der Waals surface area contributed by atoms with Crippen LogP contribution in [0.2, 0.25) is 5.02 Å². The Kier molecular flexibility index (Phi) is 6.80. The number of hydrogen-bond acceptors (Lipinski definition) is 3. The van der Waals surface area contributed by atoms with Gasteiger partial charge in [0, 0.05) is 42.8 Å². The molecule has 0 radical (unpaired) electrons. The summed E-state index contributed by atoms with van der Waals surface area (Å²) in [5.41, 5.74) is 0.735. The number of hydrogen-bond donors (Lipinski definition) is 2. The molecule has 0 unspecified atom stereocenters. The van der Waals surface area contributed by atoms with Crippen LogP contribution in [0.1, 0.15) is 23.6 Å². The molecule has 3 nitrogen and oxygen atoms in total. The Morgan fingerprint density at radius 1 is 1.32 bits per heavy atom. The van der Waals surface area contributed by atoms with Gasteiger partial charge in [0.15, 0.2) is 0 Å². The van der Waals surface area contributed by atoms with Gasteiger partial charge in [-0.25, -0.2) is 0 Å². The van der Waals surface area contributed by atoms with Gasteiger partial charge in [-0.15, -0.1) is 12.4 Å². The van der Waals surface area contributed by atoms with Gasteiger partial charge in [-0.2, -0.15) is 13.2 Å². The van der Waals surface area contributed by atoms with E-state index in [0.717, 1.165) is 0 Å². The van der Waals surface area contributed by atoms with Crippen LogP contribution in [-0.2, 0) is 0 Å². The Bertz CT molecular complexity index is 506. The fourth-order valence-electron chi connectivity index (χ4n) is 2.66. The second-order valence-corrected chi connectivity index (χ2v) is 5.72. The van der Waals surface area contributed by atoms with E-state index in [9.17, 15) is 18.3 Å². The minimum Gasteiger partial charge on any atom is -0.507 e. The maximum Gasteiger partial charge on any atom is 0.390 e. The Balaban J connectivity index is 0.00000242. The van der Waals surface area contributed by atoms with Crippen molar-refractivity contribution in [3.05, 3.63) is 28.3 Å². The van der Waals surface area contributed by atoms with E-state index in [4.69, 9.17) is 11.6 Å². The number of aryl methyl sites for hydroxylation is 1. The molecule has 2 rings (SSSR count). The van der Waals surface area contributed by atoms with Crippen LogP contribution in [0.3, 0.4) is 0 Å². The summed E-state index contributed by atoms with van der Waals surface area (Å²) in [6, 6.07) is 2.06. The standard InChI is InChI=1S/C14H18ClF3N2O.ClH/c1-9-6-10(15)7-11(13(9)21)12(8-14(16,17)18)20-4-2-19-3-5-20;/h6-7,12,19,21H,2-5,8H2,1H3;1H/t12-;/m1./s1. The van der Waals surface area contributed by atoms with Crippen molar-refractivity contribution in [2.24, 2.45) is 0 Å². The van der Waals surface area contributed by atoms with Gasteiger partial charge in [-0.3, -0.25) is 4.90 Å². The van der Waals surface area contributed by atoms with Crippen LogP contribution in [0, 0.1) is 6.92 Å². The van der Waals surface area contributed by atoms with Gasteiger partial charge >= 0.3 is 6.18 Å². The maximum absolute atomic E-state index is 12.9. The molecule has 1 aromatic rings. The molecule has 1 fully saturated rings. The van der Waals surface area contributed by atoms with E-state index in [1.165, 1.54) is 6.07 Å². The van der Waals surface area contributed by atoms with E-state index < -0.39 is 18.6 Å². The third-order valence-corrected chi connectivity index (χ3v) is 3.89. The highest BCUT2D eigenvalue weighted by atomic mass is 35.5. The molecule has 0 aromatic heterocycles. The van der Waals surface area contributed by atoms with Crippen LogP contribution in [0.4, 0.5) is 13.2 Å². The van der Waals surface area contributed by atoms with Crippen LogP contribution in [0.5, 0.6) is 5.75 Å². The van der Waals surface area contributed by atoms with Gasteiger partial charge < -0.3 is 10.4 Å². The summed E-state index contributed by atoms with van der Waals surface area (Å²) in [4.78, 5) is 1.74. The van der Waals surface area contributed by atoms with E-state index in [0.29, 0.717) is 36.8 Å². The zero-order chi connectivity index (χ0) is 15.6. The number of halogens is 5. The average Bonchev–Trinajstić information content (AvgIpc) is 2.40. The number of nitrogens with zero attached hydrogens (tertiary/aromatic N) is 1. The molecule has 0 amide bonds. The van der Waals surface area contributed by atoms with Gasteiger partial charge in [0.25, 0.3) is 0 Å². The highest BCUT2D eigenvalue weighted by Crippen LogP contribution is 2.40. The third-order valence-electron chi connectivity index (χ3n) is 3.67. The third kappa shape index (κ3) is 4.91. The van der Waals surface area contributed by atoms with Crippen LogP contribution < -0.4 is 5.32 Å². The van der Waals surface area contributed by atoms with E-state index in [-0.39, 0.29) is 23.7 Å². The number of alkyl halides is 3. The summed E-state index contributed by atoms with van der Waals surface area (Å²) < 4.78 is 38.8. The van der Waals surface area contributed by atoms with E-state index >= 15 is 0 Å². The molecule has 2 N–H and O–H groups in total. The van der Waals surface area contributed by atoms with Crippen molar-refractivity contribution in [1.82, 2.24) is 10.2 Å². The van der Waals surface area contributed by atoms with Crippen LogP contribution in [0.25, 0.3) is 0 Å². The van der Waals surface area contributed by atoms with Gasteiger partial charge in [0.1, 0.15) is 5.75 Å². The first-order valence-electron chi connectivity index (χ1n) is 6.78. The molecule has 0 bridgehead atoms. The van der Waals surface area contributed by atoms with Crippen molar-refractivity contribution in [3.8, 4) is 5.75 Å². The second kappa shape index (κ2) is 7.73. The van der Waals surface area contributed by atoms with Crippen LogP contribution in [0.15, 0.2) is 12.1 Å². The molecule has 1 aromatic carbocycles. The quantitative estimate of drug-likeness (QED) is 0.865. The lowest BCUT2D eigenvalue weighted by Gasteiger charge is -2.36. The zero-order valence-corrected chi connectivity index (χ0v) is 13.7. The van der Waals surface area contributed by atoms with Gasteiger partial charge in [0.05, 0.1) is 6.42 Å². The summed E-state index contributed by atoms with van der Waals surface area (Å²) in [5.74, 6) is -0.104. The maximum atomic E-state index is 12.9. The molecule has 1 aliphatic rings. The first-order chi connectivity index (χ1) is 9.78. The van der Waals surface area contributed by atoms with Gasteiger partial charge in [0.2, 0.25) is 0 Å². The summed E-state index contributed by atoms with van der Waals surface area (Å²) in [6.07, 6.45) is -5.31. The molecule has 0 aliphatic carbocycles. The highest BCUT2D eigenvalue weighted by molar-refractivity contribution is 6.30. The number of aromatic hydroxyl groups is 1. The van der Waals surface area contributed by atoms with Crippen LogP contribution in [-0.4, -0.2) is 42.4 Å². The lowest BCUT2D eigenvalue weighted by atomic mass is 9.97. The molecule has 22 heavy (non-hydrogen) atoms. The highest BCUT2D eigenvalue weighted by Gasteiger charge is 2.37. The zero-order valence-electron chi connectivity index (χ0n) is 12.1. The van der Waals surface area contributed by atoms with Crippen molar-refractivity contribution < 1.29 is 18.3 Å². The number of benzene rings is 1. The number of piperazine rings is 1. The number of phenols is 1. The molecule has 1 saturated heterocycles. The number of nitrogens with one attached hydrogen (secondary N) is 1. The van der Waals surface area contributed by atoms with Crippen LogP contribution >= 0.6 is 24.0 Å². The Labute approximate surface area is 138 Å². The molecular formula is C14H19Cl2F3N2O. The molecule has 1 atom stereocenters. The SMILES string of the molecule is Cc1cc(Cl)cc([C@@H](CC(F)(F)F)N2CCNCC2)c1O.Cl. The van der Waals surface area contributed by atoms with E-state index in [1.807, 2.05) is 0 Å². The van der Waals surface area contributed by atoms with E-state index in [2.05, 4.69) is 5.32 Å². The average molecular weight is 359 g/mol. The van der Waals surface area contributed by atoms with Crippen molar-refractivity contribution >= 4 is 24.0 Å². The minimum atomic E-state index is -4.31. The Morgan fingerprint density at radius 2 is 1.91 bits per heavy atom. The topological polar surface area (TPSA) is 35.5 Å². The van der Waals surface area contributed by atoms with E-state index in [1.54, 1.807) is 17.9 Å². The first kappa shape index (κ1) is 19.4. The second-order valence-electron chi connectivity index (χ2n) is 5.28. The van der Waals surface area contributed by atoms with Gasteiger partial charge in [-0.1, -0.05) is 11.6 Å². The molecule has 0 saturated carbocycles. The molecule has 126 valence electrons. The molecule has 0 spiro atoms. The van der Waals surface area contributed by atoms with Crippen molar-refractivity contribution in [3.63, 3.8) is 0 Å².